The third-order valence-electron chi connectivity index (χ3n) is 3.82. The predicted molar refractivity (Wildman–Crippen MR) is 104 cm³/mol. The van der Waals surface area contributed by atoms with Gasteiger partial charge in [0, 0.05) is 0 Å². The monoisotopic (exact) mass is 370 g/mol. The van der Waals surface area contributed by atoms with E-state index in [0.717, 1.165) is 12.0 Å². The second-order valence-electron chi connectivity index (χ2n) is 6.12. The molecule has 0 aliphatic rings. The zero-order valence-corrected chi connectivity index (χ0v) is 16.0. The van der Waals surface area contributed by atoms with Crippen LogP contribution in [0.5, 0.6) is 11.5 Å². The Morgan fingerprint density at radius 2 is 1.81 bits per heavy atom. The Kier molecular flexibility index (Phi) is 7.67. The van der Waals surface area contributed by atoms with Crippen LogP contribution < -0.4 is 20.3 Å². The van der Waals surface area contributed by atoms with Crippen LogP contribution in [0.2, 0.25) is 0 Å². The summed E-state index contributed by atoms with van der Waals surface area (Å²) in [4.78, 5) is 24.8. The zero-order valence-electron chi connectivity index (χ0n) is 16.0. The molecule has 1 unspecified atom stereocenters. The lowest BCUT2D eigenvalue weighted by atomic mass is 10.2. The Morgan fingerprint density at radius 3 is 2.52 bits per heavy atom. The number of amides is 2. The summed E-state index contributed by atoms with van der Waals surface area (Å²) in [5.74, 6) is 0.232. The van der Waals surface area contributed by atoms with Crippen molar-refractivity contribution in [1.29, 1.82) is 0 Å². The molecule has 144 valence electrons. The van der Waals surface area contributed by atoms with Crippen LogP contribution in [0.4, 0.5) is 0 Å². The fraction of sp³-hybridized carbons (Fsp3) is 0.333. The molecule has 2 aromatic carbocycles. The summed E-state index contributed by atoms with van der Waals surface area (Å²) in [6.07, 6.45) is 0.589. The normalized spacial score (nSPS) is 11.4. The van der Waals surface area contributed by atoms with Gasteiger partial charge in [-0.1, -0.05) is 38.1 Å². The van der Waals surface area contributed by atoms with Crippen LogP contribution in [0.15, 0.2) is 48.5 Å². The van der Waals surface area contributed by atoms with Crippen molar-refractivity contribution >= 4 is 11.8 Å². The number of rotatable bonds is 8. The first-order chi connectivity index (χ1) is 13.0. The SMILES string of the molecule is CCCOc1ccccc1C(=O)NNC(=O)C(CC)Oc1cccc(C)c1. The van der Waals surface area contributed by atoms with Crippen LogP contribution in [-0.4, -0.2) is 24.5 Å². The van der Waals surface area contributed by atoms with Gasteiger partial charge in [0.05, 0.1) is 12.2 Å². The third kappa shape index (κ3) is 6.02. The highest BCUT2D eigenvalue weighted by atomic mass is 16.5. The van der Waals surface area contributed by atoms with Gasteiger partial charge in [-0.3, -0.25) is 20.4 Å². The van der Waals surface area contributed by atoms with Crippen LogP contribution in [-0.2, 0) is 4.79 Å². The van der Waals surface area contributed by atoms with Crippen LogP contribution in [0.3, 0.4) is 0 Å². The van der Waals surface area contributed by atoms with E-state index in [0.29, 0.717) is 30.1 Å². The summed E-state index contributed by atoms with van der Waals surface area (Å²) in [6.45, 7) is 6.29. The minimum atomic E-state index is -0.710. The van der Waals surface area contributed by atoms with Crippen LogP contribution in [0, 0.1) is 6.92 Å². The maximum absolute atomic E-state index is 12.4. The van der Waals surface area contributed by atoms with Gasteiger partial charge in [0.25, 0.3) is 11.8 Å². The first-order valence-electron chi connectivity index (χ1n) is 9.10. The molecule has 0 spiro atoms. The maximum Gasteiger partial charge on any atom is 0.279 e. The Morgan fingerprint density at radius 1 is 1.04 bits per heavy atom. The fourth-order valence-electron chi connectivity index (χ4n) is 2.43. The van der Waals surface area contributed by atoms with Gasteiger partial charge in [-0.15, -0.1) is 0 Å². The van der Waals surface area contributed by atoms with Gasteiger partial charge in [-0.2, -0.15) is 0 Å². The minimum absolute atomic E-state index is 0.360. The van der Waals surface area contributed by atoms with E-state index in [1.807, 2.05) is 39.0 Å². The molecule has 0 aromatic heterocycles. The highest BCUT2D eigenvalue weighted by Gasteiger charge is 2.20. The average Bonchev–Trinajstić information content (AvgIpc) is 2.68. The van der Waals surface area contributed by atoms with Gasteiger partial charge in [0.15, 0.2) is 6.10 Å². The Bertz CT molecular complexity index is 776. The summed E-state index contributed by atoms with van der Waals surface area (Å²) < 4.78 is 11.3. The molecule has 2 rings (SSSR count). The number of hydrogen-bond donors (Lipinski definition) is 2. The third-order valence-corrected chi connectivity index (χ3v) is 3.82. The predicted octanol–water partition coefficient (Wildman–Crippen LogP) is 3.40. The van der Waals surface area contributed by atoms with Gasteiger partial charge >= 0.3 is 0 Å². The first-order valence-corrected chi connectivity index (χ1v) is 9.10. The Labute approximate surface area is 159 Å². The van der Waals surface area contributed by atoms with Crippen molar-refractivity contribution in [3.63, 3.8) is 0 Å². The second-order valence-corrected chi connectivity index (χ2v) is 6.12. The molecule has 0 radical (unpaired) electrons. The van der Waals surface area contributed by atoms with E-state index in [1.165, 1.54) is 0 Å². The molecule has 27 heavy (non-hydrogen) atoms. The lowest BCUT2D eigenvalue weighted by Gasteiger charge is -2.18. The van der Waals surface area contributed by atoms with Crippen molar-refractivity contribution in [2.24, 2.45) is 0 Å². The molecule has 0 saturated heterocycles. The van der Waals surface area contributed by atoms with E-state index >= 15 is 0 Å². The number of nitrogens with one attached hydrogen (secondary N) is 2. The zero-order chi connectivity index (χ0) is 19.6. The van der Waals surface area contributed by atoms with E-state index in [9.17, 15) is 9.59 Å². The topological polar surface area (TPSA) is 76.7 Å². The highest BCUT2D eigenvalue weighted by Crippen LogP contribution is 2.18. The Balaban J connectivity index is 1.96. The van der Waals surface area contributed by atoms with Crippen molar-refractivity contribution in [1.82, 2.24) is 10.9 Å². The number of para-hydroxylation sites is 1. The van der Waals surface area contributed by atoms with Gasteiger partial charge in [-0.05, 0) is 49.6 Å². The highest BCUT2D eigenvalue weighted by molar-refractivity contribution is 5.98. The summed E-state index contributed by atoms with van der Waals surface area (Å²) in [5.41, 5.74) is 6.26. The fourth-order valence-corrected chi connectivity index (χ4v) is 2.43. The van der Waals surface area contributed by atoms with E-state index in [2.05, 4.69) is 10.9 Å². The van der Waals surface area contributed by atoms with Crippen molar-refractivity contribution in [2.45, 2.75) is 39.7 Å². The number of carbonyl (C=O) groups excluding carboxylic acids is 2. The molecule has 1 atom stereocenters. The molecule has 0 aliphatic carbocycles. The van der Waals surface area contributed by atoms with Crippen LogP contribution in [0.25, 0.3) is 0 Å². The number of hydrogen-bond acceptors (Lipinski definition) is 4. The molecular formula is C21H26N2O4. The standard InChI is InChI=1S/C21H26N2O4/c1-4-13-26-19-12-7-6-11-17(19)20(24)22-23-21(25)18(5-2)27-16-10-8-9-15(3)14-16/h6-12,14,18H,4-5,13H2,1-3H3,(H,22,24)(H,23,25). The van der Waals surface area contributed by atoms with Crippen molar-refractivity contribution in [3.05, 3.63) is 59.7 Å². The second kappa shape index (κ2) is 10.2. The number of aryl methyl sites for hydroxylation is 1. The van der Waals surface area contributed by atoms with Crippen molar-refractivity contribution < 1.29 is 19.1 Å². The summed E-state index contributed by atoms with van der Waals surface area (Å²) in [5, 5.41) is 0. The van der Waals surface area contributed by atoms with Gasteiger partial charge in [0.2, 0.25) is 0 Å². The van der Waals surface area contributed by atoms with Gasteiger partial charge < -0.3 is 9.47 Å². The molecule has 0 heterocycles. The van der Waals surface area contributed by atoms with E-state index in [4.69, 9.17) is 9.47 Å². The molecule has 6 heteroatoms. The molecule has 2 aromatic rings. The van der Waals surface area contributed by atoms with E-state index in [1.54, 1.807) is 30.3 Å². The van der Waals surface area contributed by atoms with Crippen LogP contribution >= 0.6 is 0 Å². The Hall–Kier alpha value is -3.02. The van der Waals surface area contributed by atoms with Gasteiger partial charge in [0.1, 0.15) is 11.5 Å². The van der Waals surface area contributed by atoms with Gasteiger partial charge in [-0.25, -0.2) is 0 Å². The van der Waals surface area contributed by atoms with Crippen LogP contribution in [0.1, 0.15) is 42.6 Å². The number of benzene rings is 2. The summed E-state index contributed by atoms with van der Waals surface area (Å²) in [7, 11) is 0. The van der Waals surface area contributed by atoms with Crippen molar-refractivity contribution in [3.8, 4) is 11.5 Å². The summed E-state index contributed by atoms with van der Waals surface area (Å²) in [6, 6.07) is 14.4. The maximum atomic E-state index is 12.4. The molecule has 6 nitrogen and oxygen atoms in total. The largest absolute Gasteiger partial charge is 0.493 e. The molecule has 0 saturated carbocycles. The molecule has 2 N–H and O–H groups in total. The number of ether oxygens (including phenoxy) is 2. The van der Waals surface area contributed by atoms with Crippen molar-refractivity contribution in [2.75, 3.05) is 6.61 Å². The lowest BCUT2D eigenvalue weighted by Crippen LogP contribution is -2.48. The molecular weight excluding hydrogens is 344 g/mol. The number of hydrazine groups is 1. The van der Waals surface area contributed by atoms with E-state index < -0.39 is 17.9 Å². The molecule has 2 amide bonds. The number of carbonyl (C=O) groups is 2. The van der Waals surface area contributed by atoms with E-state index in [-0.39, 0.29) is 0 Å². The average molecular weight is 370 g/mol. The molecule has 0 aliphatic heterocycles. The minimum Gasteiger partial charge on any atom is -0.493 e. The smallest absolute Gasteiger partial charge is 0.279 e. The molecule has 0 fully saturated rings. The summed E-state index contributed by atoms with van der Waals surface area (Å²) >= 11 is 0. The first kappa shape index (κ1) is 20.3. The molecule has 0 bridgehead atoms. The lowest BCUT2D eigenvalue weighted by molar-refractivity contribution is -0.128. The quantitative estimate of drug-likeness (QED) is 0.698.